The van der Waals surface area contributed by atoms with E-state index in [1.165, 1.54) is 5.56 Å². The second-order valence-electron chi connectivity index (χ2n) is 6.05. The number of benzene rings is 1. The summed E-state index contributed by atoms with van der Waals surface area (Å²) in [5, 5.41) is 24.6. The number of hydrogen-bond donors (Lipinski definition) is 3. The summed E-state index contributed by atoms with van der Waals surface area (Å²) in [6.07, 6.45) is 1.00. The van der Waals surface area contributed by atoms with Crippen molar-refractivity contribution in [2.75, 3.05) is 26.4 Å². The second kappa shape index (κ2) is 12.1. The number of carboxylic acids is 2. The summed E-state index contributed by atoms with van der Waals surface area (Å²) in [6.45, 7) is 3.61. The van der Waals surface area contributed by atoms with Gasteiger partial charge in [-0.05, 0) is 26.1 Å². The van der Waals surface area contributed by atoms with E-state index in [-0.39, 0.29) is 6.04 Å². The summed E-state index contributed by atoms with van der Waals surface area (Å²) in [7, 11) is 4.17. The Balaban J connectivity index is 0.000000568. The molecule has 0 aliphatic carbocycles. The predicted octanol–water partition coefficient (Wildman–Crippen LogP) is 1.55. The van der Waals surface area contributed by atoms with Gasteiger partial charge < -0.3 is 20.5 Å². The molecule has 10 heteroatoms. The Morgan fingerprint density at radius 2 is 1.79 bits per heavy atom. The standard InChI is InChI=1S/C16H25N5S.C2H2O4/c1-4-14(20(2)3)15-18-19-16(22-11-10-17)21(15)12-13-8-6-5-7-9-13;3-1(4)2(5)6/h5-9,14H,4,10-12,17H2,1-3H3;(H,3,4)(H,5,6). The fourth-order valence-electron chi connectivity index (χ4n) is 2.50. The van der Waals surface area contributed by atoms with Crippen molar-refractivity contribution in [3.63, 3.8) is 0 Å². The van der Waals surface area contributed by atoms with Gasteiger partial charge >= 0.3 is 11.9 Å². The van der Waals surface area contributed by atoms with E-state index in [1.807, 2.05) is 6.07 Å². The fourth-order valence-corrected chi connectivity index (χ4v) is 3.21. The van der Waals surface area contributed by atoms with Crippen molar-refractivity contribution in [1.82, 2.24) is 19.7 Å². The maximum Gasteiger partial charge on any atom is 0.414 e. The van der Waals surface area contributed by atoms with Gasteiger partial charge in [-0.1, -0.05) is 49.0 Å². The van der Waals surface area contributed by atoms with Gasteiger partial charge in [0.2, 0.25) is 0 Å². The largest absolute Gasteiger partial charge is 0.473 e. The molecule has 0 spiro atoms. The summed E-state index contributed by atoms with van der Waals surface area (Å²) >= 11 is 1.67. The van der Waals surface area contributed by atoms with Crippen molar-refractivity contribution in [3.05, 3.63) is 41.7 Å². The number of aromatic nitrogens is 3. The Labute approximate surface area is 168 Å². The molecule has 0 aliphatic rings. The summed E-state index contributed by atoms with van der Waals surface area (Å²) in [4.78, 5) is 20.4. The van der Waals surface area contributed by atoms with Gasteiger partial charge in [0.15, 0.2) is 11.0 Å². The summed E-state index contributed by atoms with van der Waals surface area (Å²) in [6, 6.07) is 10.7. The summed E-state index contributed by atoms with van der Waals surface area (Å²) in [5.74, 6) is -1.77. The van der Waals surface area contributed by atoms with Gasteiger partial charge in [-0.2, -0.15) is 0 Å². The molecule has 1 aromatic carbocycles. The van der Waals surface area contributed by atoms with Crippen LogP contribution in [-0.4, -0.2) is 68.2 Å². The number of aliphatic carboxylic acids is 2. The number of thioether (sulfide) groups is 1. The molecule has 1 heterocycles. The highest BCUT2D eigenvalue weighted by molar-refractivity contribution is 7.99. The Morgan fingerprint density at radius 1 is 1.18 bits per heavy atom. The highest BCUT2D eigenvalue weighted by Crippen LogP contribution is 2.25. The molecule has 28 heavy (non-hydrogen) atoms. The van der Waals surface area contributed by atoms with E-state index in [9.17, 15) is 0 Å². The van der Waals surface area contributed by atoms with E-state index in [2.05, 4.69) is 64.9 Å². The molecule has 1 aromatic heterocycles. The van der Waals surface area contributed by atoms with Crippen molar-refractivity contribution in [2.45, 2.75) is 31.1 Å². The van der Waals surface area contributed by atoms with Crippen LogP contribution in [0.15, 0.2) is 35.5 Å². The first-order valence-electron chi connectivity index (χ1n) is 8.74. The summed E-state index contributed by atoms with van der Waals surface area (Å²) < 4.78 is 2.23. The van der Waals surface area contributed by atoms with Gasteiger partial charge in [0, 0.05) is 12.3 Å². The Kier molecular flexibility index (Phi) is 10.2. The maximum atomic E-state index is 9.10. The predicted molar refractivity (Wildman–Crippen MR) is 107 cm³/mol. The normalized spacial score (nSPS) is 11.6. The van der Waals surface area contributed by atoms with Crippen molar-refractivity contribution in [1.29, 1.82) is 0 Å². The smallest absolute Gasteiger partial charge is 0.414 e. The highest BCUT2D eigenvalue weighted by atomic mass is 32.2. The van der Waals surface area contributed by atoms with Crippen LogP contribution < -0.4 is 5.73 Å². The van der Waals surface area contributed by atoms with E-state index < -0.39 is 11.9 Å². The fraction of sp³-hybridized carbons (Fsp3) is 0.444. The van der Waals surface area contributed by atoms with Crippen LogP contribution in [0.5, 0.6) is 0 Å². The third-order valence-electron chi connectivity index (χ3n) is 3.77. The zero-order valence-corrected chi connectivity index (χ0v) is 17.1. The van der Waals surface area contributed by atoms with E-state index in [0.29, 0.717) is 6.54 Å². The first-order valence-corrected chi connectivity index (χ1v) is 9.72. The van der Waals surface area contributed by atoms with E-state index in [0.717, 1.165) is 29.7 Å². The quantitative estimate of drug-likeness (QED) is 0.438. The zero-order valence-electron chi connectivity index (χ0n) is 16.3. The van der Waals surface area contributed by atoms with Crippen molar-refractivity contribution < 1.29 is 19.8 Å². The number of nitrogens with two attached hydrogens (primary N) is 1. The molecular formula is C18H27N5O4S. The third-order valence-corrected chi connectivity index (χ3v) is 4.77. The second-order valence-corrected chi connectivity index (χ2v) is 7.11. The molecule has 0 fully saturated rings. The monoisotopic (exact) mass is 409 g/mol. The molecule has 154 valence electrons. The van der Waals surface area contributed by atoms with Crippen LogP contribution in [0.25, 0.3) is 0 Å². The van der Waals surface area contributed by atoms with E-state index in [1.54, 1.807) is 11.8 Å². The minimum atomic E-state index is -1.82. The molecule has 0 bridgehead atoms. The van der Waals surface area contributed by atoms with Crippen LogP contribution in [-0.2, 0) is 16.1 Å². The minimum absolute atomic E-state index is 0.267. The average Bonchev–Trinajstić information content (AvgIpc) is 3.04. The number of rotatable bonds is 8. The number of carbonyl (C=O) groups is 2. The molecule has 0 amide bonds. The van der Waals surface area contributed by atoms with Crippen LogP contribution in [0.4, 0.5) is 0 Å². The lowest BCUT2D eigenvalue weighted by Gasteiger charge is -2.23. The first-order chi connectivity index (χ1) is 13.3. The molecule has 1 unspecified atom stereocenters. The Hall–Kier alpha value is -2.43. The molecule has 2 rings (SSSR count). The Morgan fingerprint density at radius 3 is 2.25 bits per heavy atom. The third kappa shape index (κ3) is 7.29. The SMILES string of the molecule is CCC(c1nnc(SCCN)n1Cc1ccccc1)N(C)C.O=C(O)C(=O)O. The number of carboxylic acid groups (broad SMARTS) is 2. The lowest BCUT2D eigenvalue weighted by molar-refractivity contribution is -0.159. The van der Waals surface area contributed by atoms with Gasteiger partial charge in [0.05, 0.1) is 12.6 Å². The molecular weight excluding hydrogens is 382 g/mol. The molecule has 0 radical (unpaired) electrons. The molecule has 9 nitrogen and oxygen atoms in total. The van der Waals surface area contributed by atoms with E-state index >= 15 is 0 Å². The average molecular weight is 410 g/mol. The van der Waals surface area contributed by atoms with Gasteiger partial charge in [-0.15, -0.1) is 10.2 Å². The van der Waals surface area contributed by atoms with Crippen LogP contribution in [0, 0.1) is 0 Å². The molecule has 4 N–H and O–H groups in total. The topological polar surface area (TPSA) is 135 Å². The van der Waals surface area contributed by atoms with Crippen LogP contribution in [0.2, 0.25) is 0 Å². The highest BCUT2D eigenvalue weighted by Gasteiger charge is 2.21. The minimum Gasteiger partial charge on any atom is -0.473 e. The van der Waals surface area contributed by atoms with Crippen molar-refractivity contribution in [2.24, 2.45) is 5.73 Å². The molecule has 0 aliphatic heterocycles. The molecule has 1 atom stereocenters. The lowest BCUT2D eigenvalue weighted by Crippen LogP contribution is -2.23. The van der Waals surface area contributed by atoms with Crippen LogP contribution in [0.3, 0.4) is 0 Å². The Bertz CT molecular complexity index is 740. The van der Waals surface area contributed by atoms with Crippen LogP contribution in [0.1, 0.15) is 30.8 Å². The van der Waals surface area contributed by atoms with Crippen molar-refractivity contribution in [3.8, 4) is 0 Å². The number of hydrogen-bond acceptors (Lipinski definition) is 7. The first kappa shape index (κ1) is 23.6. The lowest BCUT2D eigenvalue weighted by atomic mass is 10.2. The zero-order chi connectivity index (χ0) is 21.1. The van der Waals surface area contributed by atoms with Gasteiger partial charge in [0.25, 0.3) is 0 Å². The van der Waals surface area contributed by atoms with Crippen molar-refractivity contribution >= 4 is 23.7 Å². The van der Waals surface area contributed by atoms with E-state index in [4.69, 9.17) is 25.5 Å². The molecule has 0 saturated heterocycles. The van der Waals surface area contributed by atoms with Gasteiger partial charge in [-0.25, -0.2) is 9.59 Å². The van der Waals surface area contributed by atoms with Crippen LogP contribution >= 0.6 is 11.8 Å². The molecule has 0 saturated carbocycles. The van der Waals surface area contributed by atoms with Gasteiger partial charge in [0.1, 0.15) is 0 Å². The number of nitrogens with zero attached hydrogens (tertiary/aromatic N) is 4. The maximum absolute atomic E-state index is 9.10. The van der Waals surface area contributed by atoms with Gasteiger partial charge in [-0.3, -0.25) is 4.90 Å². The molecule has 2 aromatic rings. The summed E-state index contributed by atoms with van der Waals surface area (Å²) in [5.41, 5.74) is 6.89.